The van der Waals surface area contributed by atoms with E-state index < -0.39 is 0 Å². The Morgan fingerprint density at radius 2 is 1.74 bits per heavy atom. The number of fused-ring (bicyclic) bond motifs is 3. The van der Waals surface area contributed by atoms with Crippen LogP contribution in [0.25, 0.3) is 11.1 Å². The van der Waals surface area contributed by atoms with Gasteiger partial charge in [0.2, 0.25) is 0 Å². The van der Waals surface area contributed by atoms with Gasteiger partial charge in [-0.2, -0.15) is 0 Å². The highest BCUT2D eigenvalue weighted by atomic mass is 14.6. The molecule has 1 aliphatic carbocycles. The molecule has 0 amide bonds. The minimum absolute atomic E-state index is 0.0727. The van der Waals surface area contributed by atoms with Crippen LogP contribution in [0.3, 0.4) is 0 Å². The molecule has 1 heterocycles. The Hall–Kier alpha value is -2.41. The van der Waals surface area contributed by atoms with Crippen LogP contribution in [0, 0.1) is 6.92 Å². The summed E-state index contributed by atoms with van der Waals surface area (Å²) in [4.78, 5) is 4.24. The number of nitrogens with zero attached hydrogens (tertiary/aromatic N) is 1. The van der Waals surface area contributed by atoms with Gasteiger partial charge in [0.05, 0.1) is 0 Å². The van der Waals surface area contributed by atoms with E-state index in [4.69, 9.17) is 0 Å². The van der Waals surface area contributed by atoms with Gasteiger partial charge in [-0.05, 0) is 58.4 Å². The molecule has 0 bridgehead atoms. The third-order valence-electron chi connectivity index (χ3n) is 5.16. The summed E-state index contributed by atoms with van der Waals surface area (Å²) < 4.78 is 0. The quantitative estimate of drug-likeness (QED) is 0.627. The Morgan fingerprint density at radius 3 is 2.52 bits per heavy atom. The Morgan fingerprint density at radius 1 is 0.913 bits per heavy atom. The van der Waals surface area contributed by atoms with Crippen molar-refractivity contribution in [2.75, 3.05) is 0 Å². The van der Waals surface area contributed by atoms with Crippen molar-refractivity contribution < 1.29 is 0 Å². The molecule has 1 aliphatic rings. The van der Waals surface area contributed by atoms with Crippen molar-refractivity contribution >= 4 is 0 Å². The second-order valence-electron chi connectivity index (χ2n) is 7.03. The average Bonchev–Trinajstić information content (AvgIpc) is 2.77. The summed E-state index contributed by atoms with van der Waals surface area (Å²) in [5.41, 5.74) is 9.78. The molecule has 0 spiro atoms. The Kier molecular flexibility index (Phi) is 3.12. The van der Waals surface area contributed by atoms with E-state index in [9.17, 15) is 0 Å². The lowest BCUT2D eigenvalue weighted by Gasteiger charge is -2.22. The molecule has 0 saturated carbocycles. The van der Waals surface area contributed by atoms with Gasteiger partial charge in [-0.3, -0.25) is 4.98 Å². The fraction of sp³-hybridized carbons (Fsp3) is 0.227. The van der Waals surface area contributed by atoms with Crippen molar-refractivity contribution in [3.63, 3.8) is 0 Å². The van der Waals surface area contributed by atoms with Gasteiger partial charge < -0.3 is 0 Å². The first-order chi connectivity index (χ1) is 11.1. The Labute approximate surface area is 138 Å². The van der Waals surface area contributed by atoms with Gasteiger partial charge in [0.25, 0.3) is 0 Å². The van der Waals surface area contributed by atoms with Crippen LogP contribution >= 0.6 is 0 Å². The molecule has 1 aromatic heterocycles. The van der Waals surface area contributed by atoms with Crippen molar-refractivity contribution in [1.29, 1.82) is 0 Å². The largest absolute Gasteiger partial charge is 0.264 e. The van der Waals surface area contributed by atoms with Gasteiger partial charge >= 0.3 is 0 Å². The lowest BCUT2D eigenvalue weighted by atomic mass is 9.81. The van der Waals surface area contributed by atoms with Crippen molar-refractivity contribution in [3.8, 4) is 11.1 Å². The van der Waals surface area contributed by atoms with E-state index in [1.807, 2.05) is 18.5 Å². The van der Waals surface area contributed by atoms with Crippen LogP contribution in [0.2, 0.25) is 0 Å². The summed E-state index contributed by atoms with van der Waals surface area (Å²) in [5.74, 6) is 0. The molecular weight excluding hydrogens is 278 g/mol. The molecule has 0 fully saturated rings. The molecule has 3 aromatic rings. The van der Waals surface area contributed by atoms with Crippen molar-refractivity contribution in [3.05, 3.63) is 88.7 Å². The van der Waals surface area contributed by atoms with E-state index in [1.54, 1.807) is 0 Å². The highest BCUT2D eigenvalue weighted by Crippen LogP contribution is 2.49. The van der Waals surface area contributed by atoms with Gasteiger partial charge in [-0.15, -0.1) is 0 Å². The summed E-state index contributed by atoms with van der Waals surface area (Å²) >= 11 is 0. The van der Waals surface area contributed by atoms with Crippen LogP contribution in [0.15, 0.2) is 60.9 Å². The van der Waals surface area contributed by atoms with Gasteiger partial charge in [-0.25, -0.2) is 0 Å². The predicted octanol–water partition coefficient (Wildman–Crippen LogP) is 5.29. The zero-order valence-corrected chi connectivity index (χ0v) is 13.9. The maximum atomic E-state index is 4.24. The van der Waals surface area contributed by atoms with Gasteiger partial charge in [-0.1, -0.05) is 56.3 Å². The number of hydrogen-bond acceptors (Lipinski definition) is 1. The first-order valence-electron chi connectivity index (χ1n) is 8.20. The van der Waals surface area contributed by atoms with Crippen LogP contribution in [0.4, 0.5) is 0 Å². The third-order valence-corrected chi connectivity index (χ3v) is 5.16. The summed E-state index contributed by atoms with van der Waals surface area (Å²) in [6.07, 6.45) is 4.74. The summed E-state index contributed by atoms with van der Waals surface area (Å²) in [6, 6.07) is 17.8. The molecule has 4 rings (SSSR count). The predicted molar refractivity (Wildman–Crippen MR) is 95.8 cm³/mol. The maximum absolute atomic E-state index is 4.24. The van der Waals surface area contributed by atoms with Gasteiger partial charge in [0, 0.05) is 17.8 Å². The summed E-state index contributed by atoms with van der Waals surface area (Å²) in [6.45, 7) is 6.89. The lowest BCUT2D eigenvalue weighted by Crippen LogP contribution is -2.15. The highest BCUT2D eigenvalue weighted by molar-refractivity contribution is 5.81. The molecule has 0 saturated heterocycles. The van der Waals surface area contributed by atoms with E-state index in [1.165, 1.54) is 38.9 Å². The summed E-state index contributed by atoms with van der Waals surface area (Å²) in [7, 11) is 0. The molecule has 0 unspecified atom stereocenters. The van der Waals surface area contributed by atoms with E-state index >= 15 is 0 Å². The number of benzene rings is 2. The fourth-order valence-electron chi connectivity index (χ4n) is 3.81. The van der Waals surface area contributed by atoms with Crippen LogP contribution in [-0.2, 0) is 11.8 Å². The minimum atomic E-state index is 0.0727. The second kappa shape index (κ2) is 5.06. The van der Waals surface area contributed by atoms with E-state index in [0.717, 1.165) is 6.42 Å². The molecule has 0 aliphatic heterocycles. The second-order valence-corrected chi connectivity index (χ2v) is 7.03. The first-order valence-corrected chi connectivity index (χ1v) is 8.20. The highest BCUT2D eigenvalue weighted by Gasteiger charge is 2.35. The minimum Gasteiger partial charge on any atom is -0.264 e. The molecule has 0 radical (unpaired) electrons. The third kappa shape index (κ3) is 2.19. The number of rotatable bonds is 2. The SMILES string of the molecule is Cc1cc2c(cc1Cc1cccnc1)C(C)(C)c1ccccc1-2. The van der Waals surface area contributed by atoms with Crippen molar-refractivity contribution in [2.24, 2.45) is 0 Å². The zero-order valence-electron chi connectivity index (χ0n) is 13.9. The van der Waals surface area contributed by atoms with Crippen molar-refractivity contribution in [2.45, 2.75) is 32.6 Å². The average molecular weight is 299 g/mol. The van der Waals surface area contributed by atoms with E-state index in [2.05, 4.69) is 68.2 Å². The topological polar surface area (TPSA) is 12.9 Å². The number of aromatic nitrogens is 1. The Bertz CT molecular complexity index is 876. The summed E-state index contributed by atoms with van der Waals surface area (Å²) in [5, 5.41) is 0. The molecule has 1 heteroatoms. The fourth-order valence-corrected chi connectivity index (χ4v) is 3.81. The van der Waals surface area contributed by atoms with Crippen LogP contribution in [0.1, 0.15) is 41.7 Å². The zero-order chi connectivity index (χ0) is 16.0. The monoisotopic (exact) mass is 299 g/mol. The van der Waals surface area contributed by atoms with E-state index in [-0.39, 0.29) is 5.41 Å². The molecule has 0 atom stereocenters. The number of aryl methyl sites for hydroxylation is 1. The van der Waals surface area contributed by atoms with Gasteiger partial charge in [0.1, 0.15) is 0 Å². The van der Waals surface area contributed by atoms with Gasteiger partial charge in [0.15, 0.2) is 0 Å². The molecular formula is C22H21N. The normalized spacial score (nSPS) is 14.4. The molecule has 2 aromatic carbocycles. The van der Waals surface area contributed by atoms with Crippen LogP contribution < -0.4 is 0 Å². The maximum Gasteiger partial charge on any atom is 0.0303 e. The smallest absolute Gasteiger partial charge is 0.0303 e. The lowest BCUT2D eigenvalue weighted by molar-refractivity contribution is 0.659. The number of pyridine rings is 1. The standard InChI is InChI=1S/C22H21N/c1-15-11-19-18-8-4-5-9-20(18)22(2,3)21(19)13-17(15)12-16-7-6-10-23-14-16/h4-11,13-14H,12H2,1-3H3. The van der Waals surface area contributed by atoms with E-state index in [0.29, 0.717) is 0 Å². The molecule has 23 heavy (non-hydrogen) atoms. The van der Waals surface area contributed by atoms with Crippen LogP contribution in [-0.4, -0.2) is 4.98 Å². The molecule has 114 valence electrons. The van der Waals surface area contributed by atoms with Crippen molar-refractivity contribution in [1.82, 2.24) is 4.98 Å². The van der Waals surface area contributed by atoms with Crippen LogP contribution in [0.5, 0.6) is 0 Å². The first kappa shape index (κ1) is 14.2. The molecule has 0 N–H and O–H groups in total. The Balaban J connectivity index is 1.85. The number of hydrogen-bond donors (Lipinski definition) is 0. The molecule has 1 nitrogen and oxygen atoms in total.